The molecule has 0 spiro atoms. The third kappa shape index (κ3) is 6.49. The zero-order valence-corrected chi connectivity index (χ0v) is 22.8. The van der Waals surface area contributed by atoms with Crippen molar-refractivity contribution in [2.24, 2.45) is 0 Å². The first-order chi connectivity index (χ1) is 18.0. The summed E-state index contributed by atoms with van der Waals surface area (Å²) >= 11 is 0. The van der Waals surface area contributed by atoms with Gasteiger partial charge < -0.3 is 23.7 Å². The van der Waals surface area contributed by atoms with Crippen molar-refractivity contribution in [2.75, 3.05) is 40.3 Å². The molecule has 0 aromatic heterocycles. The maximum absolute atomic E-state index is 12.9. The molecule has 0 atom stereocenters. The number of hydrogen-bond donors (Lipinski definition) is 2. The second kappa shape index (κ2) is 11.6. The van der Waals surface area contributed by atoms with Gasteiger partial charge in [-0.25, -0.2) is 8.42 Å². The van der Waals surface area contributed by atoms with Crippen LogP contribution in [0.5, 0.6) is 28.7 Å². The average molecular weight is 566 g/mol. The third-order valence-electron chi connectivity index (χ3n) is 5.38. The second-order valence-electron chi connectivity index (χ2n) is 7.65. The Labute approximate surface area is 221 Å². The minimum absolute atomic E-state index is 0.0491. The maximum atomic E-state index is 12.9. The molecule has 0 fully saturated rings. The van der Waals surface area contributed by atoms with Crippen molar-refractivity contribution in [3.05, 3.63) is 59.5 Å². The molecule has 38 heavy (non-hydrogen) atoms. The van der Waals surface area contributed by atoms with Gasteiger partial charge in [-0.1, -0.05) is 0 Å². The van der Waals surface area contributed by atoms with E-state index in [4.69, 9.17) is 23.7 Å². The Morgan fingerprint density at radius 1 is 0.684 bits per heavy atom. The van der Waals surface area contributed by atoms with Gasteiger partial charge in [0.05, 0.1) is 46.5 Å². The Bertz CT molecular complexity index is 1540. The molecule has 11 nitrogen and oxygen atoms in total. The summed E-state index contributed by atoms with van der Waals surface area (Å²) in [6.07, 6.45) is 1.31. The van der Waals surface area contributed by atoms with Crippen molar-refractivity contribution in [3.63, 3.8) is 0 Å². The topological polar surface area (TPSA) is 147 Å². The van der Waals surface area contributed by atoms with Gasteiger partial charge in [0.25, 0.3) is 20.1 Å². The lowest BCUT2D eigenvalue weighted by molar-refractivity contribution is 0.374. The fourth-order valence-electron chi connectivity index (χ4n) is 3.61. The molecule has 0 aliphatic rings. The van der Waals surface area contributed by atoms with Crippen LogP contribution in [0.4, 0.5) is 5.69 Å². The van der Waals surface area contributed by atoms with E-state index < -0.39 is 25.0 Å². The van der Waals surface area contributed by atoms with E-state index in [-0.39, 0.29) is 22.6 Å². The van der Waals surface area contributed by atoms with Gasteiger partial charge in [-0.3, -0.25) is 9.27 Å². The summed E-state index contributed by atoms with van der Waals surface area (Å²) in [7, 11) is -1.61. The van der Waals surface area contributed by atoms with Crippen LogP contribution < -0.4 is 28.4 Å². The van der Waals surface area contributed by atoms with E-state index in [1.165, 1.54) is 78.0 Å². The Kier molecular flexibility index (Phi) is 8.76. The SMILES string of the molecule is COc1cc(OC)c(C=CS(=O)(=O)Nc2ccc(OC)c(-c3cc(OC)ccc3S(=O)(=O)O)c2)c(OC)c1. The normalized spacial score (nSPS) is 11.7. The molecule has 0 heterocycles. The highest BCUT2D eigenvalue weighted by Gasteiger charge is 2.21. The quantitative estimate of drug-likeness (QED) is 0.326. The number of sulfonamides is 1. The molecule has 0 saturated carbocycles. The summed E-state index contributed by atoms with van der Waals surface area (Å²) in [4.78, 5) is -0.407. The highest BCUT2D eigenvalue weighted by molar-refractivity contribution is 7.95. The minimum Gasteiger partial charge on any atom is -0.497 e. The van der Waals surface area contributed by atoms with Gasteiger partial charge in [-0.15, -0.1) is 0 Å². The Hall–Kier alpha value is -3.94. The number of anilines is 1. The van der Waals surface area contributed by atoms with Crippen molar-refractivity contribution < 1.29 is 45.1 Å². The minimum atomic E-state index is -4.63. The van der Waals surface area contributed by atoms with Crippen molar-refractivity contribution in [3.8, 4) is 39.9 Å². The van der Waals surface area contributed by atoms with Crippen LogP contribution in [0.2, 0.25) is 0 Å². The first-order valence-corrected chi connectivity index (χ1v) is 13.8. The van der Waals surface area contributed by atoms with Crippen LogP contribution in [0.1, 0.15) is 5.56 Å². The second-order valence-corrected chi connectivity index (χ2v) is 10.6. The summed E-state index contributed by atoms with van der Waals surface area (Å²) in [5, 5.41) is 0.929. The standard InChI is InChI=1S/C25H27NO10S2/c1-32-17-7-9-25(38(29,30)31)21(13-17)20-12-16(6-8-22(20)34-3)26-37(27,28)11-10-19-23(35-4)14-18(33-2)15-24(19)36-5/h6-15,26H,1-5H3,(H,29,30,31). The molecule has 3 rings (SSSR count). The Balaban J connectivity index is 2.05. The molecular weight excluding hydrogens is 538 g/mol. The lowest BCUT2D eigenvalue weighted by atomic mass is 10.0. The molecule has 2 N–H and O–H groups in total. The summed E-state index contributed by atoms with van der Waals surface area (Å²) in [5.41, 5.74) is 0.712. The molecule has 0 amide bonds. The fourth-order valence-corrected chi connectivity index (χ4v) is 5.13. The van der Waals surface area contributed by atoms with Crippen LogP contribution in [0.15, 0.2) is 58.8 Å². The maximum Gasteiger partial charge on any atom is 0.295 e. The van der Waals surface area contributed by atoms with Gasteiger partial charge in [-0.2, -0.15) is 8.42 Å². The van der Waals surface area contributed by atoms with Crippen molar-refractivity contribution in [1.29, 1.82) is 0 Å². The summed E-state index contributed by atoms with van der Waals surface area (Å²) in [6, 6.07) is 11.4. The predicted octanol–water partition coefficient (Wildman–Crippen LogP) is 4.06. The average Bonchev–Trinajstić information content (AvgIpc) is 2.90. The number of methoxy groups -OCH3 is 5. The first-order valence-electron chi connectivity index (χ1n) is 10.8. The van der Waals surface area contributed by atoms with Crippen LogP contribution in [0.3, 0.4) is 0 Å². The van der Waals surface area contributed by atoms with Crippen molar-refractivity contribution >= 4 is 31.9 Å². The van der Waals surface area contributed by atoms with E-state index in [1.807, 2.05) is 0 Å². The third-order valence-corrected chi connectivity index (χ3v) is 7.31. The van der Waals surface area contributed by atoms with E-state index in [0.717, 1.165) is 5.41 Å². The van der Waals surface area contributed by atoms with Crippen molar-refractivity contribution in [2.45, 2.75) is 4.90 Å². The summed E-state index contributed by atoms with van der Waals surface area (Å²) in [6.45, 7) is 0. The number of benzene rings is 3. The molecule has 13 heteroatoms. The zero-order chi connectivity index (χ0) is 28.1. The van der Waals surface area contributed by atoms with Crippen LogP contribution in [0.25, 0.3) is 17.2 Å². The number of ether oxygens (including phenoxy) is 5. The van der Waals surface area contributed by atoms with Crippen LogP contribution in [-0.2, 0) is 20.1 Å². The van der Waals surface area contributed by atoms with Gasteiger partial charge in [-0.05, 0) is 42.5 Å². The molecule has 3 aromatic carbocycles. The Morgan fingerprint density at radius 3 is 1.82 bits per heavy atom. The Morgan fingerprint density at radius 2 is 1.29 bits per heavy atom. The molecule has 0 aliphatic carbocycles. The number of rotatable bonds is 11. The van der Waals surface area contributed by atoms with E-state index >= 15 is 0 Å². The monoisotopic (exact) mass is 565 g/mol. The molecular formula is C25H27NO10S2. The predicted molar refractivity (Wildman–Crippen MR) is 142 cm³/mol. The van der Waals surface area contributed by atoms with Crippen LogP contribution in [0, 0.1) is 0 Å². The van der Waals surface area contributed by atoms with E-state index in [9.17, 15) is 21.4 Å². The van der Waals surface area contributed by atoms with Crippen LogP contribution in [-0.4, -0.2) is 56.9 Å². The van der Waals surface area contributed by atoms with Gasteiger partial charge in [0.1, 0.15) is 33.6 Å². The van der Waals surface area contributed by atoms with Gasteiger partial charge in [0.15, 0.2) is 0 Å². The molecule has 0 radical (unpaired) electrons. The largest absolute Gasteiger partial charge is 0.497 e. The number of nitrogens with one attached hydrogen (secondary N) is 1. The van der Waals surface area contributed by atoms with E-state index in [1.54, 1.807) is 12.1 Å². The lowest BCUT2D eigenvalue weighted by Crippen LogP contribution is -2.09. The van der Waals surface area contributed by atoms with Crippen molar-refractivity contribution in [1.82, 2.24) is 0 Å². The highest BCUT2D eigenvalue weighted by atomic mass is 32.2. The summed E-state index contributed by atoms with van der Waals surface area (Å²) < 4.78 is 88.5. The van der Waals surface area contributed by atoms with Gasteiger partial charge in [0, 0.05) is 28.9 Å². The van der Waals surface area contributed by atoms with E-state index in [2.05, 4.69) is 4.72 Å². The molecule has 3 aromatic rings. The molecule has 0 aliphatic heterocycles. The fraction of sp³-hybridized carbons (Fsp3) is 0.200. The highest BCUT2D eigenvalue weighted by Crippen LogP contribution is 2.39. The number of hydrogen-bond acceptors (Lipinski definition) is 9. The molecule has 204 valence electrons. The van der Waals surface area contributed by atoms with E-state index in [0.29, 0.717) is 28.6 Å². The lowest BCUT2D eigenvalue weighted by Gasteiger charge is -2.15. The molecule has 0 bridgehead atoms. The molecule has 0 unspecified atom stereocenters. The zero-order valence-electron chi connectivity index (χ0n) is 21.2. The smallest absolute Gasteiger partial charge is 0.295 e. The first kappa shape index (κ1) is 28.6. The molecule has 0 saturated heterocycles. The summed E-state index contributed by atoms with van der Waals surface area (Å²) in [5.74, 6) is 1.66. The van der Waals surface area contributed by atoms with Gasteiger partial charge in [0.2, 0.25) is 0 Å². The van der Waals surface area contributed by atoms with Gasteiger partial charge >= 0.3 is 0 Å². The van der Waals surface area contributed by atoms with Crippen LogP contribution >= 0.6 is 0 Å².